The molecular formula is C18H22ClNO2S. The average Bonchev–Trinajstić information content (AvgIpc) is 2.49. The summed E-state index contributed by atoms with van der Waals surface area (Å²) >= 11 is 6.06. The van der Waals surface area contributed by atoms with Gasteiger partial charge in [0.05, 0.1) is 10.6 Å². The number of rotatable bonds is 6. The number of unbranched alkanes of at least 4 members (excludes halogenated alkanes) is 1. The standard InChI is InChI=1S/C18H22ClNO2S/c1-4-5-8-15-9-6-7-10-17(15)20-23(21,22)18-12-13(2)16(19)11-14(18)3/h6-7,9-12,20H,4-5,8H2,1-3H3. The van der Waals surface area contributed by atoms with E-state index < -0.39 is 10.0 Å². The SMILES string of the molecule is CCCCc1ccccc1NS(=O)(=O)c1cc(C)c(Cl)cc1C. The third kappa shape index (κ3) is 4.27. The lowest BCUT2D eigenvalue weighted by molar-refractivity contribution is 0.600. The van der Waals surface area contributed by atoms with Crippen LogP contribution in [0.1, 0.15) is 36.5 Å². The van der Waals surface area contributed by atoms with Gasteiger partial charge < -0.3 is 0 Å². The largest absolute Gasteiger partial charge is 0.279 e. The third-order valence-corrected chi connectivity index (χ3v) is 5.72. The van der Waals surface area contributed by atoms with Gasteiger partial charge >= 0.3 is 0 Å². The van der Waals surface area contributed by atoms with Gasteiger partial charge in [-0.1, -0.05) is 43.1 Å². The Morgan fingerprint density at radius 2 is 1.78 bits per heavy atom. The minimum Gasteiger partial charge on any atom is -0.279 e. The lowest BCUT2D eigenvalue weighted by atomic mass is 10.1. The van der Waals surface area contributed by atoms with Gasteiger partial charge in [-0.05, 0) is 61.6 Å². The summed E-state index contributed by atoms with van der Waals surface area (Å²) in [5.41, 5.74) is 3.05. The van der Waals surface area contributed by atoms with Gasteiger partial charge in [0, 0.05) is 5.02 Å². The minimum atomic E-state index is -3.64. The summed E-state index contributed by atoms with van der Waals surface area (Å²) in [7, 11) is -3.64. The van der Waals surface area contributed by atoms with Gasteiger partial charge in [-0.3, -0.25) is 4.72 Å². The molecule has 1 N–H and O–H groups in total. The van der Waals surface area contributed by atoms with Crippen LogP contribution in [0.5, 0.6) is 0 Å². The molecule has 0 fully saturated rings. The molecule has 0 spiro atoms. The van der Waals surface area contributed by atoms with Gasteiger partial charge in [-0.25, -0.2) is 8.42 Å². The molecule has 124 valence electrons. The van der Waals surface area contributed by atoms with Crippen molar-refractivity contribution in [3.05, 3.63) is 58.1 Å². The zero-order valence-electron chi connectivity index (χ0n) is 13.7. The van der Waals surface area contributed by atoms with Crippen LogP contribution >= 0.6 is 11.6 Å². The van der Waals surface area contributed by atoms with Gasteiger partial charge in [-0.2, -0.15) is 0 Å². The second kappa shape index (κ2) is 7.37. The molecule has 5 heteroatoms. The summed E-state index contributed by atoms with van der Waals surface area (Å²) in [6.07, 6.45) is 2.95. The molecule has 2 aromatic carbocycles. The van der Waals surface area contributed by atoms with Gasteiger partial charge in [0.2, 0.25) is 0 Å². The van der Waals surface area contributed by atoms with E-state index in [1.807, 2.05) is 18.2 Å². The maximum absolute atomic E-state index is 12.8. The van der Waals surface area contributed by atoms with Crippen molar-refractivity contribution in [2.75, 3.05) is 4.72 Å². The monoisotopic (exact) mass is 351 g/mol. The van der Waals surface area contributed by atoms with Crippen molar-refractivity contribution < 1.29 is 8.42 Å². The van der Waals surface area contributed by atoms with E-state index in [-0.39, 0.29) is 4.90 Å². The minimum absolute atomic E-state index is 0.268. The summed E-state index contributed by atoms with van der Waals surface area (Å²) in [6, 6.07) is 10.9. The number of anilines is 1. The van der Waals surface area contributed by atoms with Gasteiger partial charge in [-0.15, -0.1) is 0 Å². The van der Waals surface area contributed by atoms with E-state index in [0.717, 1.165) is 30.4 Å². The Kier molecular flexibility index (Phi) is 5.71. The van der Waals surface area contributed by atoms with Crippen LogP contribution in [0, 0.1) is 13.8 Å². The fraction of sp³-hybridized carbons (Fsp3) is 0.333. The van der Waals surface area contributed by atoms with Gasteiger partial charge in [0.15, 0.2) is 0 Å². The molecule has 0 radical (unpaired) electrons. The lowest BCUT2D eigenvalue weighted by Gasteiger charge is -2.15. The van der Waals surface area contributed by atoms with E-state index in [1.165, 1.54) is 0 Å². The normalized spacial score (nSPS) is 11.5. The van der Waals surface area contributed by atoms with Crippen LogP contribution in [0.25, 0.3) is 0 Å². The Morgan fingerprint density at radius 3 is 2.48 bits per heavy atom. The van der Waals surface area contributed by atoms with Gasteiger partial charge in [0.25, 0.3) is 10.0 Å². The molecule has 0 aromatic heterocycles. The highest BCUT2D eigenvalue weighted by Crippen LogP contribution is 2.27. The summed E-state index contributed by atoms with van der Waals surface area (Å²) in [4.78, 5) is 0.268. The third-order valence-electron chi connectivity index (χ3n) is 3.81. The van der Waals surface area contributed by atoms with E-state index in [4.69, 9.17) is 11.6 Å². The van der Waals surface area contributed by atoms with Crippen molar-refractivity contribution in [2.45, 2.75) is 44.9 Å². The average molecular weight is 352 g/mol. The van der Waals surface area contributed by atoms with Crippen LogP contribution in [0.3, 0.4) is 0 Å². The van der Waals surface area contributed by atoms with Crippen molar-refractivity contribution in [3.63, 3.8) is 0 Å². The molecule has 0 bridgehead atoms. The zero-order valence-corrected chi connectivity index (χ0v) is 15.3. The lowest BCUT2D eigenvalue weighted by Crippen LogP contribution is -2.15. The van der Waals surface area contributed by atoms with E-state index in [0.29, 0.717) is 16.3 Å². The van der Waals surface area contributed by atoms with Crippen LogP contribution in [0.4, 0.5) is 5.69 Å². The summed E-state index contributed by atoms with van der Waals surface area (Å²) < 4.78 is 28.2. The first-order chi connectivity index (χ1) is 10.8. The highest BCUT2D eigenvalue weighted by Gasteiger charge is 2.19. The first-order valence-electron chi connectivity index (χ1n) is 7.72. The van der Waals surface area contributed by atoms with Crippen LogP contribution in [0.2, 0.25) is 5.02 Å². The fourth-order valence-electron chi connectivity index (χ4n) is 2.45. The molecule has 0 saturated heterocycles. The molecule has 0 aliphatic heterocycles. The van der Waals surface area contributed by atoms with Crippen molar-refractivity contribution in [1.29, 1.82) is 0 Å². The first-order valence-corrected chi connectivity index (χ1v) is 9.58. The number of hydrogen-bond acceptors (Lipinski definition) is 2. The van der Waals surface area contributed by atoms with Crippen molar-refractivity contribution >= 4 is 27.3 Å². The molecule has 0 heterocycles. The Labute approximate surface area is 143 Å². The molecule has 0 atom stereocenters. The van der Waals surface area contributed by atoms with Gasteiger partial charge in [0.1, 0.15) is 0 Å². The van der Waals surface area contributed by atoms with E-state index in [2.05, 4.69) is 11.6 Å². The maximum atomic E-state index is 12.8. The summed E-state index contributed by atoms with van der Waals surface area (Å²) in [5, 5.41) is 0.574. The quantitative estimate of drug-likeness (QED) is 0.786. The molecule has 0 unspecified atom stereocenters. The molecule has 0 aliphatic rings. The Morgan fingerprint density at radius 1 is 1.09 bits per heavy atom. The highest BCUT2D eigenvalue weighted by molar-refractivity contribution is 7.92. The molecule has 23 heavy (non-hydrogen) atoms. The second-order valence-electron chi connectivity index (χ2n) is 5.73. The molecule has 2 aromatic rings. The van der Waals surface area contributed by atoms with E-state index in [1.54, 1.807) is 32.0 Å². The number of para-hydroxylation sites is 1. The number of aryl methyl sites for hydroxylation is 3. The van der Waals surface area contributed by atoms with Crippen molar-refractivity contribution in [2.24, 2.45) is 0 Å². The molecule has 3 nitrogen and oxygen atoms in total. The molecule has 0 aliphatic carbocycles. The van der Waals surface area contributed by atoms with Crippen LogP contribution in [-0.2, 0) is 16.4 Å². The number of hydrogen-bond donors (Lipinski definition) is 1. The molecule has 0 saturated carbocycles. The number of benzene rings is 2. The van der Waals surface area contributed by atoms with Crippen LogP contribution in [-0.4, -0.2) is 8.42 Å². The zero-order chi connectivity index (χ0) is 17.0. The van der Waals surface area contributed by atoms with Crippen LogP contribution < -0.4 is 4.72 Å². The van der Waals surface area contributed by atoms with E-state index >= 15 is 0 Å². The molecule has 2 rings (SSSR count). The smallest absolute Gasteiger partial charge is 0.262 e. The molecule has 0 amide bonds. The predicted molar refractivity (Wildman–Crippen MR) is 96.8 cm³/mol. The summed E-state index contributed by atoms with van der Waals surface area (Å²) in [6.45, 7) is 5.67. The predicted octanol–water partition coefficient (Wildman–Crippen LogP) is 5.10. The van der Waals surface area contributed by atoms with Crippen molar-refractivity contribution in [1.82, 2.24) is 0 Å². The van der Waals surface area contributed by atoms with E-state index in [9.17, 15) is 8.42 Å². The molecular weight excluding hydrogens is 330 g/mol. The topological polar surface area (TPSA) is 46.2 Å². The maximum Gasteiger partial charge on any atom is 0.262 e. The summed E-state index contributed by atoms with van der Waals surface area (Å²) in [5.74, 6) is 0. The Bertz CT molecular complexity index is 801. The number of halogens is 1. The Balaban J connectivity index is 2.38. The highest BCUT2D eigenvalue weighted by atomic mass is 35.5. The fourth-order valence-corrected chi connectivity index (χ4v) is 4.08. The first kappa shape index (κ1) is 17.8. The second-order valence-corrected chi connectivity index (χ2v) is 7.79. The number of sulfonamides is 1. The van der Waals surface area contributed by atoms with Crippen molar-refractivity contribution in [3.8, 4) is 0 Å². The number of nitrogens with one attached hydrogen (secondary N) is 1. The Hall–Kier alpha value is -1.52. The van der Waals surface area contributed by atoms with Crippen LogP contribution in [0.15, 0.2) is 41.3 Å².